The van der Waals surface area contributed by atoms with Crippen LogP contribution in [-0.4, -0.2) is 23.9 Å². The van der Waals surface area contributed by atoms with Crippen molar-refractivity contribution in [3.63, 3.8) is 0 Å². The molecule has 52 valence electrons. The van der Waals surface area contributed by atoms with Crippen molar-refractivity contribution in [2.45, 2.75) is 32.6 Å². The molecule has 1 heterocycles. The van der Waals surface area contributed by atoms with Crippen LogP contribution in [0.4, 0.5) is 0 Å². The minimum atomic E-state index is 1.27. The summed E-state index contributed by atoms with van der Waals surface area (Å²) in [7, 11) is 2.20. The monoisotopic (exact) mass is 126 g/mol. The van der Waals surface area contributed by atoms with Crippen LogP contribution >= 0.6 is 0 Å². The number of hydrogen-bond donors (Lipinski definition) is 0. The smallest absolute Gasteiger partial charge is 0.148 e. The molecule has 1 aliphatic heterocycles. The SMILES string of the molecule is CC1=[N+](C)CCCCC1. The first-order valence-corrected chi connectivity index (χ1v) is 3.84. The van der Waals surface area contributed by atoms with Crippen molar-refractivity contribution in [1.82, 2.24) is 0 Å². The molecule has 0 aromatic rings. The summed E-state index contributed by atoms with van der Waals surface area (Å²) in [5, 5.41) is 0. The summed E-state index contributed by atoms with van der Waals surface area (Å²) in [6.07, 6.45) is 5.52. The Kier molecular flexibility index (Phi) is 2.26. The summed E-state index contributed by atoms with van der Waals surface area (Å²) < 4.78 is 2.38. The molecule has 9 heavy (non-hydrogen) atoms. The quantitative estimate of drug-likeness (QED) is 0.434. The molecule has 0 aromatic carbocycles. The Morgan fingerprint density at radius 1 is 1.22 bits per heavy atom. The molecule has 0 saturated carbocycles. The van der Waals surface area contributed by atoms with Crippen molar-refractivity contribution in [1.29, 1.82) is 0 Å². The summed E-state index contributed by atoms with van der Waals surface area (Å²) in [6.45, 7) is 3.51. The van der Waals surface area contributed by atoms with Crippen LogP contribution in [0.15, 0.2) is 0 Å². The van der Waals surface area contributed by atoms with Gasteiger partial charge in [0, 0.05) is 19.8 Å². The summed E-state index contributed by atoms with van der Waals surface area (Å²) in [5.74, 6) is 0. The second-order valence-corrected chi connectivity index (χ2v) is 2.97. The van der Waals surface area contributed by atoms with E-state index in [0.717, 1.165) is 0 Å². The molecular weight excluding hydrogens is 110 g/mol. The van der Waals surface area contributed by atoms with E-state index >= 15 is 0 Å². The van der Waals surface area contributed by atoms with E-state index in [1.807, 2.05) is 0 Å². The van der Waals surface area contributed by atoms with Crippen LogP contribution in [0.3, 0.4) is 0 Å². The van der Waals surface area contributed by atoms with Gasteiger partial charge < -0.3 is 0 Å². The van der Waals surface area contributed by atoms with Crippen LogP contribution in [0.5, 0.6) is 0 Å². The summed E-state index contributed by atoms with van der Waals surface area (Å²) in [4.78, 5) is 0. The predicted molar refractivity (Wildman–Crippen MR) is 40.2 cm³/mol. The maximum atomic E-state index is 2.38. The average molecular weight is 126 g/mol. The van der Waals surface area contributed by atoms with Crippen molar-refractivity contribution in [2.24, 2.45) is 0 Å². The van der Waals surface area contributed by atoms with Crippen LogP contribution in [0.25, 0.3) is 0 Å². The fourth-order valence-corrected chi connectivity index (χ4v) is 1.29. The van der Waals surface area contributed by atoms with Crippen LogP contribution in [-0.2, 0) is 0 Å². The van der Waals surface area contributed by atoms with Gasteiger partial charge in [0.2, 0.25) is 0 Å². The molecule has 0 saturated heterocycles. The molecule has 1 heteroatoms. The molecule has 0 aliphatic carbocycles. The maximum Gasteiger partial charge on any atom is 0.148 e. The van der Waals surface area contributed by atoms with Gasteiger partial charge in [-0.05, 0) is 12.8 Å². The highest BCUT2D eigenvalue weighted by atomic mass is 15.0. The Hall–Kier alpha value is -0.330. The van der Waals surface area contributed by atoms with Gasteiger partial charge in [-0.3, -0.25) is 0 Å². The molecule has 1 nitrogen and oxygen atoms in total. The molecule has 0 radical (unpaired) electrons. The maximum absolute atomic E-state index is 2.38. The summed E-state index contributed by atoms with van der Waals surface area (Å²) in [5.41, 5.74) is 1.56. The second-order valence-electron chi connectivity index (χ2n) is 2.97. The van der Waals surface area contributed by atoms with E-state index in [1.165, 1.54) is 32.2 Å². The van der Waals surface area contributed by atoms with Gasteiger partial charge in [0.25, 0.3) is 0 Å². The van der Waals surface area contributed by atoms with Crippen LogP contribution in [0, 0.1) is 0 Å². The van der Waals surface area contributed by atoms with Gasteiger partial charge in [-0.15, -0.1) is 0 Å². The minimum absolute atomic E-state index is 1.27. The highest BCUT2D eigenvalue weighted by molar-refractivity contribution is 5.76. The van der Waals surface area contributed by atoms with Gasteiger partial charge in [-0.2, -0.15) is 0 Å². The average Bonchev–Trinajstić information content (AvgIpc) is 1.99. The van der Waals surface area contributed by atoms with E-state index < -0.39 is 0 Å². The molecule has 0 spiro atoms. The van der Waals surface area contributed by atoms with E-state index in [4.69, 9.17) is 0 Å². The Balaban J connectivity index is 2.55. The first-order chi connectivity index (χ1) is 4.30. The molecule has 1 rings (SSSR count). The zero-order valence-electron chi connectivity index (χ0n) is 6.48. The van der Waals surface area contributed by atoms with E-state index in [2.05, 4.69) is 18.5 Å². The molecule has 0 aromatic heterocycles. The van der Waals surface area contributed by atoms with Gasteiger partial charge in [0.1, 0.15) is 19.3 Å². The van der Waals surface area contributed by atoms with Crippen molar-refractivity contribution in [2.75, 3.05) is 13.6 Å². The molecule has 0 N–H and O–H groups in total. The van der Waals surface area contributed by atoms with Crippen LogP contribution in [0.1, 0.15) is 32.6 Å². The van der Waals surface area contributed by atoms with Gasteiger partial charge >= 0.3 is 0 Å². The second kappa shape index (κ2) is 3.00. The molecule has 0 amide bonds. The lowest BCUT2D eigenvalue weighted by molar-refractivity contribution is -0.498. The number of rotatable bonds is 0. The van der Waals surface area contributed by atoms with Crippen LogP contribution < -0.4 is 0 Å². The molecular formula is C8H16N+. The largest absolute Gasteiger partial charge is 0.240 e. The third-order valence-electron chi connectivity index (χ3n) is 2.18. The summed E-state index contributed by atoms with van der Waals surface area (Å²) >= 11 is 0. The topological polar surface area (TPSA) is 3.01 Å². The lowest BCUT2D eigenvalue weighted by atomic mass is 10.2. The standard InChI is InChI=1S/C8H16N/c1-8-6-4-3-5-7-9(8)2/h3-7H2,1-2H3/q+1. The van der Waals surface area contributed by atoms with E-state index in [0.29, 0.717) is 0 Å². The highest BCUT2D eigenvalue weighted by Gasteiger charge is 2.08. The van der Waals surface area contributed by atoms with Gasteiger partial charge in [0.15, 0.2) is 0 Å². The van der Waals surface area contributed by atoms with Crippen molar-refractivity contribution < 1.29 is 4.58 Å². The lowest BCUT2D eigenvalue weighted by Gasteiger charge is -1.94. The Morgan fingerprint density at radius 2 is 2.00 bits per heavy atom. The third-order valence-corrected chi connectivity index (χ3v) is 2.18. The van der Waals surface area contributed by atoms with Crippen molar-refractivity contribution in [3.05, 3.63) is 0 Å². The third kappa shape index (κ3) is 1.81. The van der Waals surface area contributed by atoms with Crippen molar-refractivity contribution in [3.8, 4) is 0 Å². The zero-order valence-corrected chi connectivity index (χ0v) is 6.48. The first-order valence-electron chi connectivity index (χ1n) is 3.84. The molecule has 0 atom stereocenters. The van der Waals surface area contributed by atoms with E-state index in [9.17, 15) is 0 Å². The molecule has 1 aliphatic rings. The Morgan fingerprint density at radius 3 is 2.78 bits per heavy atom. The zero-order chi connectivity index (χ0) is 6.69. The molecule has 0 fully saturated rings. The highest BCUT2D eigenvalue weighted by Crippen LogP contribution is 2.05. The molecule has 0 bridgehead atoms. The fourth-order valence-electron chi connectivity index (χ4n) is 1.29. The van der Waals surface area contributed by atoms with Gasteiger partial charge in [-0.25, -0.2) is 4.58 Å². The minimum Gasteiger partial charge on any atom is -0.240 e. The normalized spacial score (nSPS) is 22.0. The Labute approximate surface area is 57.4 Å². The van der Waals surface area contributed by atoms with Gasteiger partial charge in [-0.1, -0.05) is 0 Å². The Bertz CT molecular complexity index is 111. The fraction of sp³-hybridized carbons (Fsp3) is 0.875. The lowest BCUT2D eigenvalue weighted by Crippen LogP contribution is -2.12. The number of nitrogens with zero attached hydrogens (tertiary/aromatic N) is 1. The van der Waals surface area contributed by atoms with Crippen LogP contribution in [0.2, 0.25) is 0 Å². The molecule has 0 unspecified atom stereocenters. The predicted octanol–water partition coefficient (Wildman–Crippen LogP) is 1.66. The van der Waals surface area contributed by atoms with E-state index in [1.54, 1.807) is 5.71 Å². The summed E-state index contributed by atoms with van der Waals surface area (Å²) in [6, 6.07) is 0. The number of hydrogen-bond acceptors (Lipinski definition) is 0. The van der Waals surface area contributed by atoms with Gasteiger partial charge in [0.05, 0.1) is 0 Å². The van der Waals surface area contributed by atoms with Crippen molar-refractivity contribution >= 4 is 5.71 Å². The first kappa shape index (κ1) is 6.79. The van der Waals surface area contributed by atoms with E-state index in [-0.39, 0.29) is 0 Å².